The van der Waals surface area contributed by atoms with Gasteiger partial charge in [-0.25, -0.2) is 0 Å². The van der Waals surface area contributed by atoms with Crippen LogP contribution in [0.1, 0.15) is 0 Å². The van der Waals surface area contributed by atoms with Gasteiger partial charge in [-0.15, -0.1) is 22.7 Å². The molecule has 2 heterocycles. The second kappa shape index (κ2) is 8.50. The molecule has 0 spiro atoms. The van der Waals surface area contributed by atoms with Crippen LogP contribution in [0.25, 0.3) is 84.1 Å². The summed E-state index contributed by atoms with van der Waals surface area (Å²) in [7, 11) is 0. The molecule has 2 heteroatoms. The highest BCUT2D eigenvalue weighted by Crippen LogP contribution is 2.48. The lowest BCUT2D eigenvalue weighted by Crippen LogP contribution is -1.89. The zero-order valence-corrected chi connectivity index (χ0v) is 23.2. The van der Waals surface area contributed by atoms with Crippen molar-refractivity contribution in [2.24, 2.45) is 0 Å². The lowest BCUT2D eigenvalue weighted by Gasteiger charge is -2.17. The van der Waals surface area contributed by atoms with Crippen LogP contribution in [-0.4, -0.2) is 0 Å². The minimum Gasteiger partial charge on any atom is -0.135 e. The van der Waals surface area contributed by atoms with Crippen LogP contribution in [0.2, 0.25) is 0 Å². The Morgan fingerprint density at radius 1 is 0.350 bits per heavy atom. The molecule has 0 nitrogen and oxygen atoms in total. The smallest absolute Gasteiger partial charge is 0.0442 e. The van der Waals surface area contributed by atoms with Gasteiger partial charge in [-0.05, 0) is 67.7 Å². The second-order valence-corrected chi connectivity index (χ2v) is 12.6. The largest absolute Gasteiger partial charge is 0.135 e. The molecule has 0 aliphatic heterocycles. The maximum absolute atomic E-state index is 2.45. The fourth-order valence-electron chi connectivity index (χ4n) is 6.47. The number of benzene rings is 7. The minimum atomic E-state index is 1.26. The molecule has 0 unspecified atom stereocenters. The van der Waals surface area contributed by atoms with Crippen molar-refractivity contribution in [3.8, 4) is 21.6 Å². The van der Waals surface area contributed by atoms with Gasteiger partial charge in [0.15, 0.2) is 0 Å². The Labute approximate surface area is 239 Å². The molecule has 9 rings (SSSR count). The van der Waals surface area contributed by atoms with Crippen LogP contribution >= 0.6 is 22.7 Å². The number of hydrogen-bond donors (Lipinski definition) is 0. The van der Waals surface area contributed by atoms with Gasteiger partial charge in [0, 0.05) is 40.7 Å². The summed E-state index contributed by atoms with van der Waals surface area (Å²) in [5, 5.41) is 11.8. The summed E-state index contributed by atoms with van der Waals surface area (Å²) < 4.78 is 4.09. The van der Waals surface area contributed by atoms with Gasteiger partial charge in [0.25, 0.3) is 0 Å². The molecular formula is C38H22S2. The van der Waals surface area contributed by atoms with Crippen molar-refractivity contribution in [2.45, 2.75) is 0 Å². The standard InChI is InChI=1S/C38H22S2/c1-2-10-24-21-25(18-17-23(24)9-1)36-27-12-3-5-14-29(27)37(30-15-6-4-13-28(30)36)35-22-32-34(39-35)20-19-31-26-11-7-8-16-33(26)40-38(31)32/h1-22H. The van der Waals surface area contributed by atoms with Crippen molar-refractivity contribution in [1.82, 2.24) is 0 Å². The van der Waals surface area contributed by atoms with Gasteiger partial charge in [0.05, 0.1) is 0 Å². The highest BCUT2D eigenvalue weighted by Gasteiger charge is 2.19. The molecule has 0 fully saturated rings. The van der Waals surface area contributed by atoms with Gasteiger partial charge in [-0.2, -0.15) is 0 Å². The first-order valence-corrected chi connectivity index (χ1v) is 15.2. The first kappa shape index (κ1) is 22.3. The zero-order chi connectivity index (χ0) is 26.2. The average Bonchev–Trinajstić information content (AvgIpc) is 3.61. The topological polar surface area (TPSA) is 0 Å². The Morgan fingerprint density at radius 3 is 1.70 bits per heavy atom. The molecular weight excluding hydrogens is 521 g/mol. The quantitative estimate of drug-likeness (QED) is 0.191. The summed E-state index contributed by atoms with van der Waals surface area (Å²) in [5.74, 6) is 0. The fraction of sp³-hybridized carbons (Fsp3) is 0. The molecule has 2 aromatic heterocycles. The zero-order valence-electron chi connectivity index (χ0n) is 21.5. The van der Waals surface area contributed by atoms with Gasteiger partial charge in [-0.3, -0.25) is 0 Å². The Kier molecular flexibility index (Phi) is 4.74. The maximum Gasteiger partial charge on any atom is 0.0442 e. The van der Waals surface area contributed by atoms with E-state index in [9.17, 15) is 0 Å². The fourth-order valence-corrected chi connectivity index (χ4v) is 8.90. The number of rotatable bonds is 2. The highest BCUT2D eigenvalue weighted by molar-refractivity contribution is 7.28. The molecule has 9 aromatic rings. The molecule has 0 atom stereocenters. The molecule has 186 valence electrons. The van der Waals surface area contributed by atoms with E-state index in [1.165, 1.54) is 84.1 Å². The minimum absolute atomic E-state index is 1.26. The SMILES string of the molecule is c1ccc2cc(-c3c4ccccc4c(-c4cc5c(ccc6c7ccccc7sc56)s4)c4ccccc34)ccc2c1. The predicted molar refractivity (Wildman–Crippen MR) is 178 cm³/mol. The van der Waals surface area contributed by atoms with Gasteiger partial charge in [0.1, 0.15) is 0 Å². The molecule has 0 saturated heterocycles. The van der Waals surface area contributed by atoms with E-state index in [0.717, 1.165) is 0 Å². The summed E-state index contributed by atoms with van der Waals surface area (Å²) in [5.41, 5.74) is 3.92. The third-order valence-electron chi connectivity index (χ3n) is 8.26. The van der Waals surface area contributed by atoms with Gasteiger partial charge < -0.3 is 0 Å². The third-order valence-corrected chi connectivity index (χ3v) is 10.6. The van der Waals surface area contributed by atoms with Crippen LogP contribution < -0.4 is 0 Å². The van der Waals surface area contributed by atoms with E-state index >= 15 is 0 Å². The normalized spacial score (nSPS) is 12.0. The molecule has 7 aromatic carbocycles. The lowest BCUT2D eigenvalue weighted by molar-refractivity contribution is 1.70. The van der Waals surface area contributed by atoms with Crippen molar-refractivity contribution in [1.29, 1.82) is 0 Å². The highest BCUT2D eigenvalue weighted by atomic mass is 32.1. The molecule has 0 aliphatic rings. The lowest BCUT2D eigenvalue weighted by atomic mass is 9.87. The van der Waals surface area contributed by atoms with Gasteiger partial charge in [-0.1, -0.05) is 109 Å². The van der Waals surface area contributed by atoms with Crippen LogP contribution in [0.15, 0.2) is 133 Å². The third kappa shape index (κ3) is 3.18. The van der Waals surface area contributed by atoms with Crippen molar-refractivity contribution in [3.63, 3.8) is 0 Å². The Morgan fingerprint density at radius 2 is 0.950 bits per heavy atom. The first-order valence-electron chi connectivity index (χ1n) is 13.6. The van der Waals surface area contributed by atoms with Gasteiger partial charge >= 0.3 is 0 Å². The summed E-state index contributed by atoms with van der Waals surface area (Å²) >= 11 is 3.83. The summed E-state index contributed by atoms with van der Waals surface area (Å²) in [6.07, 6.45) is 0. The van der Waals surface area contributed by atoms with Gasteiger partial charge in [0.2, 0.25) is 0 Å². The molecule has 0 bridgehead atoms. The molecule has 0 amide bonds. The Hall–Kier alpha value is -4.50. The van der Waals surface area contributed by atoms with E-state index in [1.54, 1.807) is 0 Å². The average molecular weight is 543 g/mol. The van der Waals surface area contributed by atoms with E-state index in [0.29, 0.717) is 0 Å². The number of hydrogen-bond acceptors (Lipinski definition) is 2. The molecule has 40 heavy (non-hydrogen) atoms. The molecule has 0 saturated carbocycles. The molecule has 0 radical (unpaired) electrons. The van der Waals surface area contributed by atoms with E-state index < -0.39 is 0 Å². The van der Waals surface area contributed by atoms with Crippen molar-refractivity contribution < 1.29 is 0 Å². The van der Waals surface area contributed by atoms with Crippen molar-refractivity contribution in [2.75, 3.05) is 0 Å². The van der Waals surface area contributed by atoms with E-state index in [1.807, 2.05) is 22.7 Å². The van der Waals surface area contributed by atoms with Crippen molar-refractivity contribution in [3.05, 3.63) is 133 Å². The Bertz CT molecular complexity index is 2380. The monoisotopic (exact) mass is 542 g/mol. The number of thiophene rings is 2. The predicted octanol–water partition coefficient (Wildman–Crippen LogP) is 12.1. The van der Waals surface area contributed by atoms with E-state index in [-0.39, 0.29) is 0 Å². The Balaban J connectivity index is 1.37. The van der Waals surface area contributed by atoms with E-state index in [4.69, 9.17) is 0 Å². The first-order chi connectivity index (χ1) is 19.8. The maximum atomic E-state index is 2.45. The summed E-state index contributed by atoms with van der Waals surface area (Å²) in [6.45, 7) is 0. The summed E-state index contributed by atoms with van der Waals surface area (Å²) in [4.78, 5) is 1.33. The van der Waals surface area contributed by atoms with Crippen LogP contribution in [0.3, 0.4) is 0 Å². The van der Waals surface area contributed by atoms with E-state index in [2.05, 4.69) is 133 Å². The van der Waals surface area contributed by atoms with Crippen LogP contribution in [0.5, 0.6) is 0 Å². The second-order valence-electron chi connectivity index (χ2n) is 10.5. The van der Waals surface area contributed by atoms with Crippen LogP contribution in [-0.2, 0) is 0 Å². The van der Waals surface area contributed by atoms with Crippen LogP contribution in [0.4, 0.5) is 0 Å². The summed E-state index contributed by atoms with van der Waals surface area (Å²) in [6, 6.07) is 49.3. The number of fused-ring (bicyclic) bond motifs is 8. The molecule has 0 N–H and O–H groups in total. The van der Waals surface area contributed by atoms with Crippen LogP contribution in [0, 0.1) is 0 Å². The molecule has 0 aliphatic carbocycles. The van der Waals surface area contributed by atoms with Crippen molar-refractivity contribution >= 4 is 85.2 Å².